The summed E-state index contributed by atoms with van der Waals surface area (Å²) in [4.78, 5) is 45.7. The number of nitrogens with two attached hydrogens (primary N) is 1. The number of hydrogen-bond acceptors (Lipinski definition) is 6. The van der Waals surface area contributed by atoms with Crippen LogP contribution in [0.5, 0.6) is 0 Å². The minimum absolute atomic E-state index is 0.0492. The summed E-state index contributed by atoms with van der Waals surface area (Å²) in [7, 11) is 1.30. The lowest BCUT2D eigenvalue weighted by Crippen LogP contribution is -2.50. The Hall–Kier alpha value is -3.62. The molecule has 1 heterocycles. The highest BCUT2D eigenvalue weighted by molar-refractivity contribution is 6.07. The summed E-state index contributed by atoms with van der Waals surface area (Å²) >= 11 is 0. The molecule has 0 aromatic heterocycles. The second kappa shape index (κ2) is 13.4. The molecule has 1 saturated carbocycles. The van der Waals surface area contributed by atoms with Gasteiger partial charge in [0.15, 0.2) is 11.5 Å². The molecule has 0 saturated heterocycles. The van der Waals surface area contributed by atoms with E-state index >= 15 is 0 Å². The third-order valence-corrected chi connectivity index (χ3v) is 8.28. The van der Waals surface area contributed by atoms with E-state index < -0.39 is 17.7 Å². The molecule has 41 heavy (non-hydrogen) atoms. The molecule has 1 fully saturated rings. The van der Waals surface area contributed by atoms with Gasteiger partial charge in [0.1, 0.15) is 6.04 Å². The van der Waals surface area contributed by atoms with Crippen molar-refractivity contribution in [1.29, 1.82) is 0 Å². The van der Waals surface area contributed by atoms with E-state index in [1.165, 1.54) is 7.11 Å². The van der Waals surface area contributed by atoms with Gasteiger partial charge >= 0.3 is 6.09 Å². The minimum atomic E-state index is -1.00. The van der Waals surface area contributed by atoms with Crippen molar-refractivity contribution in [3.63, 3.8) is 0 Å². The SMILES string of the molecule is COC(=O)N[C@@H](CC1=CCCC=C1C)C(=O)NC(CCCN1C(=O)[C@@](CC(C)C)(c2ccccc2)N=C1N)C1CC1. The number of nitrogens with one attached hydrogen (secondary N) is 2. The first-order valence-electron chi connectivity index (χ1n) is 14.9. The van der Waals surface area contributed by atoms with Gasteiger partial charge in [-0.1, -0.05) is 61.9 Å². The van der Waals surface area contributed by atoms with Crippen LogP contribution in [0.3, 0.4) is 0 Å². The van der Waals surface area contributed by atoms with Gasteiger partial charge in [0.25, 0.3) is 5.91 Å². The van der Waals surface area contributed by atoms with Gasteiger partial charge in [0, 0.05) is 19.0 Å². The Labute approximate surface area is 243 Å². The Morgan fingerprint density at radius 2 is 1.85 bits per heavy atom. The number of carbonyl (C=O) groups is 3. The highest BCUT2D eigenvalue weighted by Crippen LogP contribution is 2.39. The van der Waals surface area contributed by atoms with Gasteiger partial charge in [-0.05, 0) is 74.8 Å². The predicted molar refractivity (Wildman–Crippen MR) is 160 cm³/mol. The fourth-order valence-electron chi connectivity index (χ4n) is 5.99. The van der Waals surface area contributed by atoms with Crippen LogP contribution in [-0.2, 0) is 19.9 Å². The third-order valence-electron chi connectivity index (χ3n) is 8.28. The number of nitrogens with zero attached hydrogens (tertiary/aromatic N) is 2. The van der Waals surface area contributed by atoms with Gasteiger partial charge in [0.2, 0.25) is 5.91 Å². The average Bonchev–Trinajstić information content (AvgIpc) is 3.77. The molecule has 0 spiro atoms. The van der Waals surface area contributed by atoms with Crippen LogP contribution in [0.15, 0.2) is 58.6 Å². The lowest BCUT2D eigenvalue weighted by molar-refractivity contribution is -0.132. The smallest absolute Gasteiger partial charge is 0.407 e. The number of allylic oxidation sites excluding steroid dienone is 3. The first kappa shape index (κ1) is 30.3. The number of benzene rings is 1. The molecule has 3 aliphatic rings. The van der Waals surface area contributed by atoms with E-state index in [0.717, 1.165) is 42.4 Å². The average molecular weight is 564 g/mol. The predicted octanol–water partition coefficient (Wildman–Crippen LogP) is 4.54. The second-order valence-corrected chi connectivity index (χ2v) is 11.9. The van der Waals surface area contributed by atoms with E-state index in [1.54, 1.807) is 4.90 Å². The Morgan fingerprint density at radius 1 is 1.15 bits per heavy atom. The first-order valence-corrected chi connectivity index (χ1v) is 14.9. The van der Waals surface area contributed by atoms with Crippen LogP contribution in [0.2, 0.25) is 0 Å². The third kappa shape index (κ3) is 7.37. The molecule has 9 nitrogen and oxygen atoms in total. The summed E-state index contributed by atoms with van der Waals surface area (Å²) in [5.41, 5.74) is 8.41. The van der Waals surface area contributed by atoms with Crippen molar-refractivity contribution in [2.45, 2.75) is 89.8 Å². The number of amides is 3. The standard InChI is InChI=1S/C32H45N5O4/c1-21(2)20-32(25-13-6-5-7-14-25)29(39)37(30(33)36-32)18-10-15-26(23-16-17-23)34-28(38)27(35-31(40)41-4)19-24-12-9-8-11-22(24)3/h5-7,11-14,21,23,26-27H,8-10,15-20H2,1-4H3,(H2,33,36)(H,34,38)(H,35,40)/t26?,27-,32+/m0/s1. The Morgan fingerprint density at radius 3 is 2.49 bits per heavy atom. The molecule has 0 bridgehead atoms. The molecule has 222 valence electrons. The van der Waals surface area contributed by atoms with Crippen LogP contribution in [0.1, 0.15) is 77.7 Å². The number of guanidine groups is 1. The summed E-state index contributed by atoms with van der Waals surface area (Å²) in [5.74, 6) is 0.578. The Balaban J connectivity index is 1.40. The molecule has 1 aliphatic heterocycles. The van der Waals surface area contributed by atoms with Gasteiger partial charge in [-0.25, -0.2) is 9.79 Å². The molecular weight excluding hydrogens is 518 g/mol. The summed E-state index contributed by atoms with van der Waals surface area (Å²) in [6, 6.07) is 8.88. The normalized spacial score (nSPS) is 22.0. The highest BCUT2D eigenvalue weighted by atomic mass is 16.5. The van der Waals surface area contributed by atoms with Crippen molar-refractivity contribution in [3.8, 4) is 0 Å². The maximum absolute atomic E-state index is 13.8. The zero-order valence-corrected chi connectivity index (χ0v) is 24.8. The maximum atomic E-state index is 13.8. The summed E-state index contributed by atoms with van der Waals surface area (Å²) in [6.45, 7) is 6.63. The number of ether oxygens (including phenoxy) is 1. The lowest BCUT2D eigenvalue weighted by Gasteiger charge is -2.28. The van der Waals surface area contributed by atoms with Gasteiger partial charge in [-0.2, -0.15) is 0 Å². The number of alkyl carbamates (subject to hydrolysis) is 1. The van der Waals surface area contributed by atoms with Crippen molar-refractivity contribution in [2.75, 3.05) is 13.7 Å². The number of carbonyl (C=O) groups excluding carboxylic acids is 3. The second-order valence-electron chi connectivity index (χ2n) is 11.9. The van der Waals surface area contributed by atoms with Crippen LogP contribution in [0.4, 0.5) is 4.79 Å². The molecule has 4 rings (SSSR count). The van der Waals surface area contributed by atoms with Crippen LogP contribution in [0.25, 0.3) is 0 Å². The molecule has 9 heteroatoms. The van der Waals surface area contributed by atoms with Gasteiger partial charge in [-0.3, -0.25) is 14.5 Å². The number of hydrogen-bond donors (Lipinski definition) is 3. The van der Waals surface area contributed by atoms with E-state index in [9.17, 15) is 14.4 Å². The Kier molecular flexibility index (Phi) is 9.89. The molecule has 3 amide bonds. The van der Waals surface area contributed by atoms with Crippen LogP contribution in [0, 0.1) is 11.8 Å². The van der Waals surface area contributed by atoms with E-state index in [1.807, 2.05) is 37.3 Å². The summed E-state index contributed by atoms with van der Waals surface area (Å²) in [6.07, 6.45) is 10.0. The van der Waals surface area contributed by atoms with E-state index in [4.69, 9.17) is 15.5 Å². The molecular formula is C32H45N5O4. The summed E-state index contributed by atoms with van der Waals surface area (Å²) in [5, 5.41) is 5.93. The fraction of sp³-hybridized carbons (Fsp3) is 0.562. The van der Waals surface area contributed by atoms with Crippen molar-refractivity contribution < 1.29 is 19.1 Å². The molecule has 1 unspecified atom stereocenters. The van der Waals surface area contributed by atoms with E-state index in [-0.39, 0.29) is 29.7 Å². The molecule has 4 N–H and O–H groups in total. The molecule has 1 aromatic carbocycles. The monoisotopic (exact) mass is 563 g/mol. The maximum Gasteiger partial charge on any atom is 0.407 e. The summed E-state index contributed by atoms with van der Waals surface area (Å²) < 4.78 is 4.80. The zero-order valence-electron chi connectivity index (χ0n) is 24.8. The van der Waals surface area contributed by atoms with Gasteiger partial charge in [0.05, 0.1) is 7.11 Å². The highest BCUT2D eigenvalue weighted by Gasteiger charge is 2.49. The van der Waals surface area contributed by atoms with Gasteiger partial charge < -0.3 is 21.1 Å². The van der Waals surface area contributed by atoms with Crippen LogP contribution >= 0.6 is 0 Å². The van der Waals surface area contributed by atoms with Crippen LogP contribution < -0.4 is 16.4 Å². The molecule has 2 aliphatic carbocycles. The minimum Gasteiger partial charge on any atom is -0.453 e. The van der Waals surface area contributed by atoms with Crippen molar-refractivity contribution in [1.82, 2.24) is 15.5 Å². The fourth-order valence-corrected chi connectivity index (χ4v) is 5.99. The van der Waals surface area contributed by atoms with Crippen LogP contribution in [-0.4, -0.2) is 54.5 Å². The topological polar surface area (TPSA) is 126 Å². The van der Waals surface area contributed by atoms with Crippen molar-refractivity contribution in [2.24, 2.45) is 22.6 Å². The van der Waals surface area contributed by atoms with E-state index in [0.29, 0.717) is 38.1 Å². The Bertz CT molecular complexity index is 1200. The van der Waals surface area contributed by atoms with Crippen molar-refractivity contribution >= 4 is 23.9 Å². The van der Waals surface area contributed by atoms with Gasteiger partial charge in [-0.15, -0.1) is 0 Å². The molecule has 1 aromatic rings. The number of aliphatic imine (C=N–C) groups is 1. The zero-order chi connectivity index (χ0) is 29.6. The lowest BCUT2D eigenvalue weighted by atomic mass is 9.82. The van der Waals surface area contributed by atoms with Crippen molar-refractivity contribution in [3.05, 3.63) is 59.2 Å². The quantitative estimate of drug-likeness (QED) is 0.325. The molecule has 0 radical (unpaired) electrons. The first-order chi connectivity index (χ1) is 19.6. The number of methoxy groups -OCH3 is 1. The largest absolute Gasteiger partial charge is 0.453 e. The number of rotatable bonds is 13. The molecule has 3 atom stereocenters. The van der Waals surface area contributed by atoms with E-state index in [2.05, 4.69) is 36.6 Å².